The standard InChI is InChI=1S/C29H23FN8O2/c1-40-20-9-16(7-18(30)10-20)25-27-22(5-6-32-25)35-28(36-27)26-21-11-23(33-14-24(21)37-38-26)17-8-19(13-31-12-17)34-29(39)15-3-2-4-15/h5-15H,2-4H2,1H3,(H,34,39)(H,35,36)(H,37,38). The van der Waals surface area contributed by atoms with Gasteiger partial charge in [0, 0.05) is 40.9 Å². The summed E-state index contributed by atoms with van der Waals surface area (Å²) in [5.74, 6) is 0.596. The second-order valence-corrected chi connectivity index (χ2v) is 9.79. The average molecular weight is 535 g/mol. The van der Waals surface area contributed by atoms with Gasteiger partial charge in [0.25, 0.3) is 0 Å². The number of aromatic amines is 2. The van der Waals surface area contributed by atoms with E-state index in [-0.39, 0.29) is 11.8 Å². The summed E-state index contributed by atoms with van der Waals surface area (Å²) in [4.78, 5) is 33.9. The van der Waals surface area contributed by atoms with Crippen LogP contribution in [0.15, 0.2) is 61.2 Å². The molecule has 0 aliphatic heterocycles. The van der Waals surface area contributed by atoms with E-state index in [1.807, 2.05) is 18.2 Å². The van der Waals surface area contributed by atoms with Gasteiger partial charge >= 0.3 is 0 Å². The fraction of sp³-hybridized carbons (Fsp3) is 0.172. The van der Waals surface area contributed by atoms with Crippen LogP contribution < -0.4 is 10.1 Å². The number of fused-ring (bicyclic) bond motifs is 2. The van der Waals surface area contributed by atoms with Gasteiger partial charge in [0.05, 0.1) is 47.6 Å². The maximum Gasteiger partial charge on any atom is 0.227 e. The van der Waals surface area contributed by atoms with Crippen molar-refractivity contribution in [3.63, 3.8) is 0 Å². The number of rotatable bonds is 6. The fourth-order valence-electron chi connectivity index (χ4n) is 4.89. The molecule has 1 amide bonds. The Kier molecular flexibility index (Phi) is 5.69. The average Bonchev–Trinajstić information content (AvgIpc) is 3.55. The van der Waals surface area contributed by atoms with Gasteiger partial charge in [-0.25, -0.2) is 9.37 Å². The molecule has 198 valence electrons. The molecule has 0 unspecified atom stereocenters. The van der Waals surface area contributed by atoms with Gasteiger partial charge in [-0.2, -0.15) is 5.10 Å². The molecule has 5 heterocycles. The molecule has 3 N–H and O–H groups in total. The molecule has 0 atom stereocenters. The van der Waals surface area contributed by atoms with Gasteiger partial charge in [-0.1, -0.05) is 6.42 Å². The van der Waals surface area contributed by atoms with E-state index in [1.54, 1.807) is 30.9 Å². The molecule has 1 saturated carbocycles. The number of hydrogen-bond acceptors (Lipinski definition) is 7. The van der Waals surface area contributed by atoms with Crippen LogP contribution in [0.5, 0.6) is 5.75 Å². The van der Waals surface area contributed by atoms with Gasteiger partial charge in [-0.15, -0.1) is 0 Å². The molecule has 0 saturated heterocycles. The minimum Gasteiger partial charge on any atom is -0.497 e. The number of pyridine rings is 3. The van der Waals surface area contributed by atoms with Gasteiger partial charge in [-0.05, 0) is 43.2 Å². The number of nitrogens with zero attached hydrogens (tertiary/aromatic N) is 5. The molecule has 6 aromatic rings. The number of H-pyrrole nitrogens is 2. The Morgan fingerprint density at radius 2 is 1.93 bits per heavy atom. The van der Waals surface area contributed by atoms with E-state index < -0.39 is 5.82 Å². The number of halogens is 1. The van der Waals surface area contributed by atoms with Crippen LogP contribution in [0.25, 0.3) is 56.0 Å². The van der Waals surface area contributed by atoms with Crippen LogP contribution in [-0.4, -0.2) is 48.1 Å². The van der Waals surface area contributed by atoms with Gasteiger partial charge in [0.1, 0.15) is 22.8 Å². The third kappa shape index (κ3) is 4.21. The molecule has 11 heteroatoms. The summed E-state index contributed by atoms with van der Waals surface area (Å²) in [6, 6.07) is 10.0. The minimum atomic E-state index is -0.427. The molecule has 1 fully saturated rings. The van der Waals surface area contributed by atoms with Crippen molar-refractivity contribution in [3.05, 3.63) is 67.0 Å². The highest BCUT2D eigenvalue weighted by atomic mass is 19.1. The summed E-state index contributed by atoms with van der Waals surface area (Å²) < 4.78 is 19.5. The van der Waals surface area contributed by atoms with Crippen molar-refractivity contribution in [2.24, 2.45) is 5.92 Å². The van der Waals surface area contributed by atoms with Crippen molar-refractivity contribution >= 4 is 33.5 Å². The van der Waals surface area contributed by atoms with E-state index in [1.165, 1.54) is 19.2 Å². The number of benzene rings is 1. The van der Waals surface area contributed by atoms with Crippen LogP contribution in [0.3, 0.4) is 0 Å². The monoisotopic (exact) mass is 534 g/mol. The predicted molar refractivity (Wildman–Crippen MR) is 148 cm³/mol. The lowest BCUT2D eigenvalue weighted by atomic mass is 9.85. The maximum absolute atomic E-state index is 14.2. The van der Waals surface area contributed by atoms with Crippen LogP contribution >= 0.6 is 0 Å². The van der Waals surface area contributed by atoms with Crippen molar-refractivity contribution in [2.75, 3.05) is 12.4 Å². The smallest absolute Gasteiger partial charge is 0.227 e. The lowest BCUT2D eigenvalue weighted by molar-refractivity contribution is -0.122. The summed E-state index contributed by atoms with van der Waals surface area (Å²) >= 11 is 0. The van der Waals surface area contributed by atoms with Crippen molar-refractivity contribution < 1.29 is 13.9 Å². The van der Waals surface area contributed by atoms with E-state index in [0.29, 0.717) is 45.4 Å². The quantitative estimate of drug-likeness (QED) is 0.256. The Morgan fingerprint density at radius 3 is 2.75 bits per heavy atom. The van der Waals surface area contributed by atoms with E-state index >= 15 is 0 Å². The third-order valence-corrected chi connectivity index (χ3v) is 7.23. The molecule has 0 radical (unpaired) electrons. The Hall–Kier alpha value is -5.19. The zero-order valence-electron chi connectivity index (χ0n) is 21.4. The molecule has 5 aromatic heterocycles. The zero-order chi connectivity index (χ0) is 27.2. The molecule has 1 aromatic carbocycles. The Labute approximate surface area is 227 Å². The van der Waals surface area contributed by atoms with Crippen LogP contribution in [0.2, 0.25) is 0 Å². The largest absolute Gasteiger partial charge is 0.497 e. The number of methoxy groups -OCH3 is 1. The second-order valence-electron chi connectivity index (χ2n) is 9.79. The Balaban J connectivity index is 1.26. The molecule has 1 aliphatic carbocycles. The number of nitrogens with one attached hydrogen (secondary N) is 3. The van der Waals surface area contributed by atoms with Gasteiger partial charge in [0.2, 0.25) is 5.91 Å². The molecule has 0 spiro atoms. The maximum atomic E-state index is 14.2. The first-order valence-corrected chi connectivity index (χ1v) is 12.9. The highest BCUT2D eigenvalue weighted by Crippen LogP contribution is 2.33. The molecular weight excluding hydrogens is 511 g/mol. The molecule has 1 aliphatic rings. The first-order chi connectivity index (χ1) is 19.6. The van der Waals surface area contributed by atoms with Crippen LogP contribution in [0.1, 0.15) is 19.3 Å². The normalized spacial score (nSPS) is 13.4. The van der Waals surface area contributed by atoms with E-state index in [4.69, 9.17) is 9.72 Å². The number of ether oxygens (including phenoxy) is 1. The molecular formula is C29H23FN8O2. The highest BCUT2D eigenvalue weighted by Gasteiger charge is 2.25. The molecule has 40 heavy (non-hydrogen) atoms. The van der Waals surface area contributed by atoms with Gasteiger partial charge < -0.3 is 15.0 Å². The van der Waals surface area contributed by atoms with E-state index in [2.05, 4.69) is 35.5 Å². The lowest BCUT2D eigenvalue weighted by Gasteiger charge is -2.24. The van der Waals surface area contributed by atoms with Crippen LogP contribution in [-0.2, 0) is 4.79 Å². The van der Waals surface area contributed by atoms with E-state index in [9.17, 15) is 9.18 Å². The first kappa shape index (κ1) is 23.9. The topological polar surface area (TPSA) is 134 Å². The summed E-state index contributed by atoms with van der Waals surface area (Å²) in [5, 5.41) is 11.3. The van der Waals surface area contributed by atoms with Crippen molar-refractivity contribution in [3.8, 4) is 39.8 Å². The summed E-state index contributed by atoms with van der Waals surface area (Å²) in [5.41, 5.74) is 5.78. The lowest BCUT2D eigenvalue weighted by Crippen LogP contribution is -2.28. The van der Waals surface area contributed by atoms with E-state index in [0.717, 1.165) is 41.2 Å². The minimum absolute atomic E-state index is 0.0289. The zero-order valence-corrected chi connectivity index (χ0v) is 21.4. The molecule has 7 rings (SSSR count). The van der Waals surface area contributed by atoms with Crippen LogP contribution in [0.4, 0.5) is 10.1 Å². The third-order valence-electron chi connectivity index (χ3n) is 7.23. The Morgan fingerprint density at radius 1 is 1.02 bits per heavy atom. The van der Waals surface area contributed by atoms with Crippen molar-refractivity contribution in [1.82, 2.24) is 35.1 Å². The summed E-state index contributed by atoms with van der Waals surface area (Å²) in [6.07, 6.45) is 9.64. The number of amides is 1. The van der Waals surface area contributed by atoms with Crippen molar-refractivity contribution in [1.29, 1.82) is 0 Å². The Bertz CT molecular complexity index is 1910. The van der Waals surface area contributed by atoms with Gasteiger partial charge in [0.15, 0.2) is 5.82 Å². The number of hydrogen-bond donors (Lipinski definition) is 3. The summed E-state index contributed by atoms with van der Waals surface area (Å²) in [7, 11) is 1.49. The summed E-state index contributed by atoms with van der Waals surface area (Å²) in [6.45, 7) is 0. The SMILES string of the molecule is COc1cc(F)cc(-c2nccc3[nH]c(-c4n[nH]c5cnc(-c6cncc(NC(=O)C7CCC7)c6)cc45)nc23)c1. The second kappa shape index (κ2) is 9.53. The predicted octanol–water partition coefficient (Wildman–Crippen LogP) is 5.51. The highest BCUT2D eigenvalue weighted by molar-refractivity contribution is 5.97. The van der Waals surface area contributed by atoms with Crippen LogP contribution in [0, 0.1) is 11.7 Å². The van der Waals surface area contributed by atoms with Gasteiger partial charge in [-0.3, -0.25) is 24.8 Å². The fourth-order valence-corrected chi connectivity index (χ4v) is 4.89. The number of anilines is 1. The van der Waals surface area contributed by atoms with Crippen molar-refractivity contribution in [2.45, 2.75) is 19.3 Å². The number of carbonyl (C=O) groups excluding carboxylic acids is 1. The number of aromatic nitrogens is 7. The number of imidazole rings is 1. The number of carbonyl (C=O) groups is 1. The molecule has 10 nitrogen and oxygen atoms in total. The first-order valence-electron chi connectivity index (χ1n) is 12.9. The molecule has 0 bridgehead atoms.